The molecule has 0 amide bonds. The van der Waals surface area contributed by atoms with E-state index in [9.17, 15) is 8.78 Å². The molecule has 0 saturated carbocycles. The van der Waals surface area contributed by atoms with E-state index in [4.69, 9.17) is 4.74 Å². The van der Waals surface area contributed by atoms with Crippen molar-refractivity contribution in [3.05, 3.63) is 48.0 Å². The third kappa shape index (κ3) is 4.30. The van der Waals surface area contributed by atoms with Gasteiger partial charge in [0.2, 0.25) is 0 Å². The number of benzene rings is 1. The highest BCUT2D eigenvalue weighted by Crippen LogP contribution is 2.18. The number of nitrogens with zero attached hydrogens (tertiary/aromatic N) is 1. The topological polar surface area (TPSA) is 46.2 Å². The molecule has 0 aliphatic heterocycles. The van der Waals surface area contributed by atoms with Crippen LogP contribution in [0, 0.1) is 11.6 Å². The molecule has 1 aromatic heterocycles. The van der Waals surface area contributed by atoms with Gasteiger partial charge in [0, 0.05) is 19.7 Å². The summed E-state index contributed by atoms with van der Waals surface area (Å²) < 4.78 is 32.3. The maximum Gasteiger partial charge on any atom is 0.168 e. The van der Waals surface area contributed by atoms with Crippen molar-refractivity contribution >= 4 is 11.6 Å². The summed E-state index contributed by atoms with van der Waals surface area (Å²) in [6.45, 7) is 0.976. The molecule has 0 fully saturated rings. The lowest BCUT2D eigenvalue weighted by Gasteiger charge is -2.10. The molecule has 0 aliphatic rings. The first-order chi connectivity index (χ1) is 10.2. The molecule has 0 unspecified atom stereocenters. The second-order valence-electron chi connectivity index (χ2n) is 4.34. The van der Waals surface area contributed by atoms with Gasteiger partial charge in [-0.1, -0.05) is 18.2 Å². The average Bonchev–Trinajstić information content (AvgIpc) is 2.50. The number of ether oxygens (including phenoxy) is 1. The SMILES string of the molecule is CNc1nc(NCCCOc2ccccc2)c(F)cc1F. The van der Waals surface area contributed by atoms with Gasteiger partial charge in [0.15, 0.2) is 23.3 Å². The van der Waals surface area contributed by atoms with E-state index in [2.05, 4.69) is 15.6 Å². The first-order valence-corrected chi connectivity index (χ1v) is 6.66. The van der Waals surface area contributed by atoms with Gasteiger partial charge in [-0.15, -0.1) is 0 Å². The Hall–Kier alpha value is -2.37. The van der Waals surface area contributed by atoms with Crippen LogP contribution in [0.3, 0.4) is 0 Å². The minimum Gasteiger partial charge on any atom is -0.494 e. The Balaban J connectivity index is 1.78. The molecule has 0 spiro atoms. The van der Waals surface area contributed by atoms with Crippen LogP contribution in [0.25, 0.3) is 0 Å². The second-order valence-corrected chi connectivity index (χ2v) is 4.34. The number of nitrogens with one attached hydrogen (secondary N) is 2. The first kappa shape index (κ1) is 15.0. The van der Waals surface area contributed by atoms with Crippen LogP contribution >= 0.6 is 0 Å². The Bertz CT molecular complexity index is 579. The molecule has 2 N–H and O–H groups in total. The predicted octanol–water partition coefficient (Wildman–Crippen LogP) is 3.28. The molecule has 112 valence electrons. The lowest BCUT2D eigenvalue weighted by atomic mass is 10.3. The van der Waals surface area contributed by atoms with Gasteiger partial charge in [0.05, 0.1) is 6.61 Å². The van der Waals surface area contributed by atoms with E-state index in [1.807, 2.05) is 30.3 Å². The highest BCUT2D eigenvalue weighted by molar-refractivity contribution is 5.47. The van der Waals surface area contributed by atoms with Gasteiger partial charge in [-0.3, -0.25) is 0 Å². The fourth-order valence-corrected chi connectivity index (χ4v) is 1.75. The van der Waals surface area contributed by atoms with E-state index in [1.165, 1.54) is 7.05 Å². The quantitative estimate of drug-likeness (QED) is 0.769. The smallest absolute Gasteiger partial charge is 0.168 e. The predicted molar refractivity (Wildman–Crippen MR) is 78.7 cm³/mol. The molecular formula is C15H17F2N3O. The fraction of sp³-hybridized carbons (Fsp3) is 0.267. The van der Waals surface area contributed by atoms with Crippen LogP contribution in [0.15, 0.2) is 36.4 Å². The number of halogens is 2. The first-order valence-electron chi connectivity index (χ1n) is 6.66. The fourth-order valence-electron chi connectivity index (χ4n) is 1.75. The van der Waals surface area contributed by atoms with Gasteiger partial charge in [0.1, 0.15) is 5.75 Å². The van der Waals surface area contributed by atoms with Crippen LogP contribution in [0.2, 0.25) is 0 Å². The summed E-state index contributed by atoms with van der Waals surface area (Å²) in [7, 11) is 1.53. The van der Waals surface area contributed by atoms with E-state index >= 15 is 0 Å². The number of aromatic nitrogens is 1. The number of hydrogen-bond acceptors (Lipinski definition) is 4. The molecule has 4 nitrogen and oxygen atoms in total. The van der Waals surface area contributed by atoms with Crippen LogP contribution in [0.4, 0.5) is 20.4 Å². The summed E-state index contributed by atoms with van der Waals surface area (Å²) in [5.41, 5.74) is 0. The average molecular weight is 293 g/mol. The summed E-state index contributed by atoms with van der Waals surface area (Å²) in [5.74, 6) is -0.593. The Morgan fingerprint density at radius 1 is 1.10 bits per heavy atom. The number of pyridine rings is 1. The maximum atomic E-state index is 13.5. The molecule has 0 aliphatic carbocycles. The zero-order valence-corrected chi connectivity index (χ0v) is 11.7. The summed E-state index contributed by atoms with van der Waals surface area (Å²) in [6.07, 6.45) is 0.669. The second kappa shape index (κ2) is 7.42. The van der Waals surface area contributed by atoms with Gasteiger partial charge in [-0.2, -0.15) is 0 Å². The Morgan fingerprint density at radius 2 is 1.81 bits per heavy atom. The molecule has 2 aromatic rings. The highest BCUT2D eigenvalue weighted by Gasteiger charge is 2.10. The van der Waals surface area contributed by atoms with Crippen LogP contribution in [-0.2, 0) is 0 Å². The number of anilines is 2. The number of rotatable bonds is 7. The van der Waals surface area contributed by atoms with Gasteiger partial charge < -0.3 is 15.4 Å². The highest BCUT2D eigenvalue weighted by atomic mass is 19.1. The Labute approximate surface area is 122 Å². The van der Waals surface area contributed by atoms with Crippen molar-refractivity contribution in [2.45, 2.75) is 6.42 Å². The van der Waals surface area contributed by atoms with Gasteiger partial charge in [-0.05, 0) is 18.6 Å². The molecule has 0 atom stereocenters. The molecule has 21 heavy (non-hydrogen) atoms. The van der Waals surface area contributed by atoms with Crippen LogP contribution in [-0.4, -0.2) is 25.2 Å². The molecule has 0 saturated heterocycles. The summed E-state index contributed by atoms with van der Waals surface area (Å²) >= 11 is 0. The lowest BCUT2D eigenvalue weighted by molar-refractivity contribution is 0.315. The van der Waals surface area contributed by atoms with E-state index in [0.29, 0.717) is 19.6 Å². The minimum absolute atomic E-state index is 0.0134. The third-order valence-electron chi connectivity index (χ3n) is 2.79. The zero-order valence-electron chi connectivity index (χ0n) is 11.7. The minimum atomic E-state index is -0.715. The Morgan fingerprint density at radius 3 is 2.52 bits per heavy atom. The summed E-state index contributed by atoms with van der Waals surface area (Å²) in [6, 6.07) is 10.2. The number of hydrogen-bond donors (Lipinski definition) is 2. The monoisotopic (exact) mass is 293 g/mol. The van der Waals surface area contributed by atoms with Gasteiger partial charge in [-0.25, -0.2) is 13.8 Å². The molecule has 0 bridgehead atoms. The van der Waals surface area contributed by atoms with Crippen LogP contribution in [0.5, 0.6) is 5.75 Å². The van der Waals surface area contributed by atoms with Crippen molar-refractivity contribution in [1.29, 1.82) is 0 Å². The molecule has 2 rings (SSSR count). The summed E-state index contributed by atoms with van der Waals surface area (Å²) in [5, 5.41) is 5.40. The van der Waals surface area contributed by atoms with Crippen LogP contribution in [0.1, 0.15) is 6.42 Å². The standard InChI is InChI=1S/C15H17F2N3O/c1-18-14-12(16)10-13(17)15(20-14)19-8-5-9-21-11-6-3-2-4-7-11/h2-4,6-7,10H,5,8-9H2,1H3,(H2,18,19,20). The van der Waals surface area contributed by atoms with E-state index in [-0.39, 0.29) is 11.6 Å². The van der Waals surface area contributed by atoms with Crippen molar-refractivity contribution < 1.29 is 13.5 Å². The normalized spacial score (nSPS) is 10.2. The molecular weight excluding hydrogens is 276 g/mol. The van der Waals surface area contributed by atoms with Crippen molar-refractivity contribution in [2.24, 2.45) is 0 Å². The van der Waals surface area contributed by atoms with E-state index in [0.717, 1.165) is 11.8 Å². The largest absolute Gasteiger partial charge is 0.494 e. The van der Waals surface area contributed by atoms with Gasteiger partial charge >= 0.3 is 0 Å². The van der Waals surface area contributed by atoms with E-state index in [1.54, 1.807) is 0 Å². The molecule has 0 radical (unpaired) electrons. The van der Waals surface area contributed by atoms with E-state index < -0.39 is 11.6 Å². The van der Waals surface area contributed by atoms with Crippen molar-refractivity contribution in [2.75, 3.05) is 30.8 Å². The maximum absolute atomic E-state index is 13.5. The number of para-hydroxylation sites is 1. The van der Waals surface area contributed by atoms with Crippen molar-refractivity contribution in [1.82, 2.24) is 4.98 Å². The third-order valence-corrected chi connectivity index (χ3v) is 2.79. The van der Waals surface area contributed by atoms with Crippen molar-refractivity contribution in [3.63, 3.8) is 0 Å². The van der Waals surface area contributed by atoms with Crippen LogP contribution < -0.4 is 15.4 Å². The molecule has 6 heteroatoms. The lowest BCUT2D eigenvalue weighted by Crippen LogP contribution is -2.11. The molecule has 1 heterocycles. The zero-order chi connectivity index (χ0) is 15.1. The molecule has 1 aromatic carbocycles. The Kier molecular flexibility index (Phi) is 5.31. The summed E-state index contributed by atoms with van der Waals surface area (Å²) in [4.78, 5) is 3.83. The van der Waals surface area contributed by atoms with Gasteiger partial charge in [0.25, 0.3) is 0 Å². The van der Waals surface area contributed by atoms with Crippen molar-refractivity contribution in [3.8, 4) is 5.75 Å².